The van der Waals surface area contributed by atoms with Crippen LogP contribution in [0.4, 0.5) is 0 Å². The Bertz CT molecular complexity index is 439. The molecule has 0 aromatic rings. The molecule has 0 aromatic heterocycles. The zero-order valence-electron chi connectivity index (χ0n) is 8.93. The summed E-state index contributed by atoms with van der Waals surface area (Å²) in [4.78, 5) is 16.0. The highest BCUT2D eigenvalue weighted by atomic mass is 35.5. The van der Waals surface area contributed by atoms with Gasteiger partial charge in [0.2, 0.25) is 5.91 Å². The SMILES string of the molecule is [N-]=[N+]=NCCN1CC(=O)NC2=CC=C(Cl)NC21. The van der Waals surface area contributed by atoms with Gasteiger partial charge in [0.05, 0.1) is 12.2 Å². The van der Waals surface area contributed by atoms with Gasteiger partial charge in [-0.1, -0.05) is 16.7 Å². The Morgan fingerprint density at radius 1 is 1.65 bits per heavy atom. The first-order chi connectivity index (χ1) is 8.20. The summed E-state index contributed by atoms with van der Waals surface area (Å²) in [6.45, 7) is 1.06. The monoisotopic (exact) mass is 254 g/mol. The molecular weight excluding hydrogens is 244 g/mol. The van der Waals surface area contributed by atoms with E-state index >= 15 is 0 Å². The summed E-state index contributed by atoms with van der Waals surface area (Å²) in [6.07, 6.45) is 3.28. The van der Waals surface area contributed by atoms with E-state index in [1.807, 2.05) is 4.90 Å². The average Bonchev–Trinajstić information content (AvgIpc) is 2.30. The van der Waals surface area contributed by atoms with Crippen LogP contribution in [0, 0.1) is 0 Å². The van der Waals surface area contributed by atoms with E-state index in [9.17, 15) is 4.79 Å². The van der Waals surface area contributed by atoms with Crippen molar-refractivity contribution in [2.75, 3.05) is 19.6 Å². The topological polar surface area (TPSA) is 93.1 Å². The lowest BCUT2D eigenvalue weighted by atomic mass is 10.1. The molecule has 17 heavy (non-hydrogen) atoms. The molecule has 2 heterocycles. The van der Waals surface area contributed by atoms with Gasteiger partial charge >= 0.3 is 0 Å². The molecule has 2 aliphatic heterocycles. The summed E-state index contributed by atoms with van der Waals surface area (Å²) in [5, 5.41) is 9.80. The number of carbonyl (C=O) groups excluding carboxylic acids is 1. The summed E-state index contributed by atoms with van der Waals surface area (Å²) in [5.74, 6) is -0.0818. The van der Waals surface area contributed by atoms with Crippen LogP contribution in [0.2, 0.25) is 0 Å². The van der Waals surface area contributed by atoms with Crippen LogP contribution < -0.4 is 10.6 Å². The van der Waals surface area contributed by atoms with E-state index in [1.165, 1.54) is 0 Å². The smallest absolute Gasteiger partial charge is 0.238 e. The van der Waals surface area contributed by atoms with Crippen LogP contribution in [-0.4, -0.2) is 36.6 Å². The van der Waals surface area contributed by atoms with Crippen molar-refractivity contribution in [3.05, 3.63) is 33.4 Å². The Hall–Kier alpha value is -1.69. The van der Waals surface area contributed by atoms with Crippen molar-refractivity contribution in [1.82, 2.24) is 15.5 Å². The van der Waals surface area contributed by atoms with Crippen LogP contribution in [0.1, 0.15) is 0 Å². The van der Waals surface area contributed by atoms with Crippen LogP contribution in [0.15, 0.2) is 28.1 Å². The first kappa shape index (κ1) is 11.8. The molecule has 8 heteroatoms. The second-order valence-electron chi connectivity index (χ2n) is 3.66. The summed E-state index contributed by atoms with van der Waals surface area (Å²) in [6, 6.07) is 0. The number of dihydropyridines is 1. The fourth-order valence-electron chi connectivity index (χ4n) is 1.81. The molecule has 0 aromatic carbocycles. The second kappa shape index (κ2) is 5.09. The third kappa shape index (κ3) is 2.71. The van der Waals surface area contributed by atoms with E-state index in [4.69, 9.17) is 17.1 Å². The van der Waals surface area contributed by atoms with Crippen LogP contribution in [0.25, 0.3) is 10.4 Å². The molecule has 2 aliphatic rings. The second-order valence-corrected chi connectivity index (χ2v) is 4.06. The molecule has 0 spiro atoms. The van der Waals surface area contributed by atoms with Crippen LogP contribution in [-0.2, 0) is 4.79 Å². The number of rotatable bonds is 3. The van der Waals surface area contributed by atoms with Gasteiger partial charge in [0.15, 0.2) is 0 Å². The highest BCUT2D eigenvalue weighted by molar-refractivity contribution is 6.29. The number of nitrogens with zero attached hydrogens (tertiary/aromatic N) is 4. The Morgan fingerprint density at radius 2 is 2.47 bits per heavy atom. The van der Waals surface area contributed by atoms with Gasteiger partial charge in [-0.15, -0.1) is 0 Å². The zero-order valence-corrected chi connectivity index (χ0v) is 9.68. The maximum atomic E-state index is 11.5. The highest BCUT2D eigenvalue weighted by Crippen LogP contribution is 2.18. The summed E-state index contributed by atoms with van der Waals surface area (Å²) < 4.78 is 0. The summed E-state index contributed by atoms with van der Waals surface area (Å²) in [5.41, 5.74) is 8.98. The van der Waals surface area contributed by atoms with Crippen molar-refractivity contribution in [3.63, 3.8) is 0 Å². The molecule has 1 saturated heterocycles. The minimum Gasteiger partial charge on any atom is -0.355 e. The third-order valence-electron chi connectivity index (χ3n) is 2.52. The van der Waals surface area contributed by atoms with Crippen molar-refractivity contribution >= 4 is 17.5 Å². The van der Waals surface area contributed by atoms with Gasteiger partial charge in [-0.3, -0.25) is 9.69 Å². The number of carbonyl (C=O) groups is 1. The van der Waals surface area contributed by atoms with Crippen molar-refractivity contribution in [1.29, 1.82) is 0 Å². The van der Waals surface area contributed by atoms with Gasteiger partial charge in [0.25, 0.3) is 0 Å². The number of hydrogen-bond donors (Lipinski definition) is 2. The molecule has 1 atom stereocenters. The maximum Gasteiger partial charge on any atom is 0.238 e. The first-order valence-corrected chi connectivity index (χ1v) is 5.47. The molecule has 7 nitrogen and oxygen atoms in total. The Balaban J connectivity index is 2.10. The molecular formula is C9H11ClN6O. The van der Waals surface area contributed by atoms with E-state index in [2.05, 4.69) is 20.7 Å². The van der Waals surface area contributed by atoms with Crippen LogP contribution >= 0.6 is 11.6 Å². The molecule has 0 aliphatic carbocycles. The van der Waals surface area contributed by atoms with Crippen LogP contribution in [0.5, 0.6) is 0 Å². The van der Waals surface area contributed by atoms with E-state index in [1.54, 1.807) is 12.2 Å². The third-order valence-corrected chi connectivity index (χ3v) is 2.76. The average molecular weight is 255 g/mol. The number of azide groups is 1. The number of nitrogens with one attached hydrogen (secondary N) is 2. The normalized spacial score (nSPS) is 23.6. The largest absolute Gasteiger partial charge is 0.355 e. The molecule has 0 radical (unpaired) electrons. The summed E-state index contributed by atoms with van der Waals surface area (Å²) in [7, 11) is 0. The fourth-order valence-corrected chi connectivity index (χ4v) is 1.98. The lowest BCUT2D eigenvalue weighted by Gasteiger charge is -2.38. The molecule has 0 saturated carbocycles. The molecule has 2 N–H and O–H groups in total. The lowest BCUT2D eigenvalue weighted by Crippen LogP contribution is -2.59. The minimum atomic E-state index is -0.168. The number of halogens is 1. The molecule has 2 rings (SSSR count). The van der Waals surface area contributed by atoms with Crippen LogP contribution in [0.3, 0.4) is 0 Å². The maximum absolute atomic E-state index is 11.5. The number of allylic oxidation sites excluding steroid dienone is 2. The van der Waals surface area contributed by atoms with E-state index in [0.29, 0.717) is 18.2 Å². The van der Waals surface area contributed by atoms with Crippen molar-refractivity contribution in [3.8, 4) is 0 Å². The predicted molar refractivity (Wildman–Crippen MR) is 62.7 cm³/mol. The van der Waals surface area contributed by atoms with Gasteiger partial charge in [-0.05, 0) is 17.7 Å². The van der Waals surface area contributed by atoms with Crippen molar-refractivity contribution in [2.24, 2.45) is 5.11 Å². The van der Waals surface area contributed by atoms with Gasteiger partial charge in [0, 0.05) is 18.0 Å². The molecule has 1 fully saturated rings. The molecule has 0 bridgehead atoms. The Morgan fingerprint density at radius 3 is 3.24 bits per heavy atom. The Labute approximate surface area is 103 Å². The zero-order chi connectivity index (χ0) is 12.3. The first-order valence-electron chi connectivity index (χ1n) is 5.09. The number of amides is 1. The number of hydrogen-bond acceptors (Lipinski definition) is 4. The van der Waals surface area contributed by atoms with E-state index in [0.717, 1.165) is 5.70 Å². The van der Waals surface area contributed by atoms with Gasteiger partial charge < -0.3 is 10.6 Å². The van der Waals surface area contributed by atoms with E-state index in [-0.39, 0.29) is 18.6 Å². The molecule has 1 unspecified atom stereocenters. The molecule has 1 amide bonds. The Kier molecular flexibility index (Phi) is 3.53. The molecule has 90 valence electrons. The number of piperazine rings is 1. The van der Waals surface area contributed by atoms with Crippen molar-refractivity contribution < 1.29 is 4.79 Å². The van der Waals surface area contributed by atoms with Gasteiger partial charge in [-0.2, -0.15) is 0 Å². The predicted octanol–water partition coefficient (Wildman–Crippen LogP) is 0.622. The lowest BCUT2D eigenvalue weighted by molar-refractivity contribution is -0.124. The fraction of sp³-hybridized carbons (Fsp3) is 0.444. The highest BCUT2D eigenvalue weighted by Gasteiger charge is 2.31. The van der Waals surface area contributed by atoms with Gasteiger partial charge in [-0.25, -0.2) is 0 Å². The number of fused-ring (bicyclic) bond motifs is 1. The van der Waals surface area contributed by atoms with Crippen molar-refractivity contribution in [2.45, 2.75) is 6.17 Å². The minimum absolute atomic E-state index is 0.0818. The summed E-state index contributed by atoms with van der Waals surface area (Å²) >= 11 is 5.88. The van der Waals surface area contributed by atoms with Gasteiger partial charge in [0.1, 0.15) is 11.3 Å². The van der Waals surface area contributed by atoms with E-state index < -0.39 is 0 Å². The standard InChI is InChI=1S/C9H11ClN6O/c10-7-2-1-6-9(14-7)16(4-3-12-15-11)5-8(17)13-6/h1-2,9,14H,3-5H2,(H,13,17). The quantitative estimate of drug-likeness (QED) is 0.335.